The summed E-state index contributed by atoms with van der Waals surface area (Å²) in [7, 11) is 1.69. The highest BCUT2D eigenvalue weighted by atomic mass is 19.1. The van der Waals surface area contributed by atoms with Crippen LogP contribution in [-0.2, 0) is 12.5 Å². The molecule has 3 N–H and O–H groups in total. The molecule has 0 unspecified atom stereocenters. The monoisotopic (exact) mass is 381 g/mol. The molecule has 0 bridgehead atoms. The van der Waals surface area contributed by atoms with Crippen LogP contribution >= 0.6 is 0 Å². The van der Waals surface area contributed by atoms with Gasteiger partial charge in [0.25, 0.3) is 5.91 Å². The van der Waals surface area contributed by atoms with E-state index in [4.69, 9.17) is 5.73 Å². The molecule has 0 spiro atoms. The molecule has 3 aromatic rings. The lowest BCUT2D eigenvalue weighted by atomic mass is 9.66. The molecule has 1 saturated carbocycles. The Hall–Kier alpha value is -3.36. The Morgan fingerprint density at radius 2 is 2.11 bits per heavy atom. The second-order valence-electron chi connectivity index (χ2n) is 7.05. The second-order valence-corrected chi connectivity index (χ2v) is 7.05. The van der Waals surface area contributed by atoms with Gasteiger partial charge < -0.3 is 15.6 Å². The molecule has 4 rings (SSSR count). The van der Waals surface area contributed by atoms with Crippen LogP contribution in [-0.4, -0.2) is 37.2 Å². The van der Waals surface area contributed by atoms with E-state index in [0.717, 1.165) is 19.3 Å². The van der Waals surface area contributed by atoms with Crippen molar-refractivity contribution >= 4 is 11.7 Å². The van der Waals surface area contributed by atoms with Crippen LogP contribution in [0.4, 0.5) is 10.2 Å². The Balaban J connectivity index is 1.48. The van der Waals surface area contributed by atoms with Crippen molar-refractivity contribution in [2.24, 2.45) is 12.8 Å². The summed E-state index contributed by atoms with van der Waals surface area (Å²) in [5.74, 6) is -0.140. The van der Waals surface area contributed by atoms with Crippen LogP contribution in [0.5, 0.6) is 0 Å². The Labute approximate surface area is 161 Å². The molecule has 8 nitrogen and oxygen atoms in total. The summed E-state index contributed by atoms with van der Waals surface area (Å²) in [6.07, 6.45) is 6.10. The normalized spacial score (nSPS) is 15.1. The first-order chi connectivity index (χ1) is 13.5. The van der Waals surface area contributed by atoms with Crippen molar-refractivity contribution in [1.82, 2.24) is 24.7 Å². The van der Waals surface area contributed by atoms with Gasteiger partial charge in [-0.2, -0.15) is 0 Å². The summed E-state index contributed by atoms with van der Waals surface area (Å²) >= 11 is 0. The molecule has 0 saturated heterocycles. The van der Waals surface area contributed by atoms with E-state index < -0.39 is 5.91 Å². The molecule has 9 heteroatoms. The van der Waals surface area contributed by atoms with E-state index in [1.54, 1.807) is 42.2 Å². The van der Waals surface area contributed by atoms with Crippen LogP contribution in [0.15, 0.2) is 36.7 Å². The number of pyridine rings is 1. The van der Waals surface area contributed by atoms with Crippen LogP contribution in [0.3, 0.4) is 0 Å². The summed E-state index contributed by atoms with van der Waals surface area (Å²) in [6, 6.07) is 6.59. The summed E-state index contributed by atoms with van der Waals surface area (Å²) in [5.41, 5.74) is 6.52. The molecule has 1 aliphatic carbocycles. The van der Waals surface area contributed by atoms with E-state index in [-0.39, 0.29) is 17.1 Å². The van der Waals surface area contributed by atoms with Gasteiger partial charge >= 0.3 is 0 Å². The number of rotatable bonds is 6. The van der Waals surface area contributed by atoms with Crippen molar-refractivity contribution in [1.29, 1.82) is 0 Å². The van der Waals surface area contributed by atoms with Crippen molar-refractivity contribution in [2.75, 3.05) is 11.9 Å². The first kappa shape index (κ1) is 18.0. The van der Waals surface area contributed by atoms with Crippen molar-refractivity contribution in [3.8, 4) is 11.4 Å². The molecule has 0 atom stereocenters. The number of aromatic nitrogens is 5. The molecule has 1 fully saturated rings. The van der Waals surface area contributed by atoms with Gasteiger partial charge in [-0.3, -0.25) is 9.78 Å². The highest BCUT2D eigenvalue weighted by molar-refractivity contribution is 5.89. The third-order valence-electron chi connectivity index (χ3n) is 5.20. The van der Waals surface area contributed by atoms with Gasteiger partial charge in [-0.25, -0.2) is 9.37 Å². The zero-order valence-corrected chi connectivity index (χ0v) is 15.4. The topological polar surface area (TPSA) is 112 Å². The number of aryl methyl sites for hydroxylation is 1. The lowest BCUT2D eigenvalue weighted by Crippen LogP contribution is -2.42. The lowest BCUT2D eigenvalue weighted by molar-refractivity contribution is 0.0987. The number of primary amides is 1. The number of carbonyl (C=O) groups excluding carboxylic acids is 1. The number of carbonyl (C=O) groups is 1. The smallest absolute Gasteiger partial charge is 0.284 e. The molecule has 0 aromatic carbocycles. The Bertz CT molecular complexity index is 1010. The van der Waals surface area contributed by atoms with Crippen LogP contribution in [0.2, 0.25) is 0 Å². The number of hydrogen-bond donors (Lipinski definition) is 2. The number of nitrogens with two attached hydrogens (primary N) is 1. The van der Waals surface area contributed by atoms with Gasteiger partial charge in [-0.05, 0) is 37.1 Å². The van der Waals surface area contributed by atoms with E-state index in [1.165, 1.54) is 6.07 Å². The number of hydrogen-bond acceptors (Lipinski definition) is 6. The van der Waals surface area contributed by atoms with Gasteiger partial charge in [0, 0.05) is 31.4 Å². The van der Waals surface area contributed by atoms with E-state index in [0.29, 0.717) is 29.4 Å². The maximum absolute atomic E-state index is 14.2. The van der Waals surface area contributed by atoms with Gasteiger partial charge in [0.05, 0.1) is 5.69 Å². The zero-order valence-electron chi connectivity index (χ0n) is 15.4. The van der Waals surface area contributed by atoms with Crippen LogP contribution in [0.1, 0.15) is 35.6 Å². The van der Waals surface area contributed by atoms with Crippen molar-refractivity contribution in [3.05, 3.63) is 54.0 Å². The predicted octanol–water partition coefficient (Wildman–Crippen LogP) is 2.04. The quantitative estimate of drug-likeness (QED) is 0.676. The Kier molecular flexibility index (Phi) is 4.50. The average molecular weight is 381 g/mol. The van der Waals surface area contributed by atoms with Crippen molar-refractivity contribution < 1.29 is 9.18 Å². The van der Waals surface area contributed by atoms with E-state index in [1.807, 2.05) is 0 Å². The molecule has 3 heterocycles. The number of imidazole rings is 1. The summed E-state index contributed by atoms with van der Waals surface area (Å²) in [6.45, 7) is 0.532. The molecular formula is C19H20FN7O. The fraction of sp³-hybridized carbons (Fsp3) is 0.316. The highest BCUT2D eigenvalue weighted by Gasteiger charge is 2.41. The fourth-order valence-electron chi connectivity index (χ4n) is 3.52. The number of anilines is 1. The standard InChI is InChI=1S/C19H20FN7O/c1-27-10-14(24-18(27)17(21)28)13-5-6-15(26-25-13)23-11-19(7-3-8-19)16-12(20)4-2-9-22-16/h2,4-6,9-10H,3,7-8,11H2,1H3,(H2,21,28)(H,23,26). The van der Waals surface area contributed by atoms with Gasteiger partial charge in [0.2, 0.25) is 0 Å². The summed E-state index contributed by atoms with van der Waals surface area (Å²) in [5, 5.41) is 11.6. The molecule has 3 aromatic heterocycles. The van der Waals surface area contributed by atoms with Crippen molar-refractivity contribution in [3.63, 3.8) is 0 Å². The first-order valence-corrected chi connectivity index (χ1v) is 9.01. The largest absolute Gasteiger partial charge is 0.368 e. The SMILES string of the molecule is Cn1cc(-c2ccc(NCC3(c4ncccc4F)CCC3)nn2)nc1C(N)=O. The van der Waals surface area contributed by atoms with Gasteiger partial charge in [0.1, 0.15) is 23.0 Å². The van der Waals surface area contributed by atoms with Crippen molar-refractivity contribution in [2.45, 2.75) is 24.7 Å². The zero-order chi connectivity index (χ0) is 19.7. The van der Waals surface area contributed by atoms with E-state index in [9.17, 15) is 9.18 Å². The lowest BCUT2D eigenvalue weighted by Gasteiger charge is -2.41. The molecule has 144 valence electrons. The van der Waals surface area contributed by atoms with E-state index >= 15 is 0 Å². The van der Waals surface area contributed by atoms with Gasteiger partial charge in [0.15, 0.2) is 5.82 Å². The number of nitrogens with zero attached hydrogens (tertiary/aromatic N) is 5. The Morgan fingerprint density at radius 3 is 2.68 bits per heavy atom. The van der Waals surface area contributed by atoms with Gasteiger partial charge in [-0.1, -0.05) is 6.42 Å². The number of halogens is 1. The minimum absolute atomic E-state index is 0.156. The summed E-state index contributed by atoms with van der Waals surface area (Å²) in [4.78, 5) is 19.8. The van der Waals surface area contributed by atoms with Crippen LogP contribution in [0.25, 0.3) is 11.4 Å². The van der Waals surface area contributed by atoms with Crippen LogP contribution in [0, 0.1) is 5.82 Å². The minimum Gasteiger partial charge on any atom is -0.368 e. The molecule has 1 aliphatic rings. The van der Waals surface area contributed by atoms with Crippen LogP contribution < -0.4 is 11.1 Å². The fourth-order valence-corrected chi connectivity index (χ4v) is 3.52. The molecule has 0 radical (unpaired) electrons. The first-order valence-electron chi connectivity index (χ1n) is 9.01. The number of nitrogens with one attached hydrogen (secondary N) is 1. The maximum atomic E-state index is 14.2. The third kappa shape index (κ3) is 3.19. The second kappa shape index (κ2) is 6.99. The third-order valence-corrected chi connectivity index (χ3v) is 5.20. The van der Waals surface area contributed by atoms with Gasteiger partial charge in [-0.15, -0.1) is 10.2 Å². The minimum atomic E-state index is -0.604. The molecule has 28 heavy (non-hydrogen) atoms. The number of amides is 1. The molecule has 1 amide bonds. The Morgan fingerprint density at radius 1 is 1.29 bits per heavy atom. The maximum Gasteiger partial charge on any atom is 0.284 e. The van der Waals surface area contributed by atoms with E-state index in [2.05, 4.69) is 25.5 Å². The summed E-state index contributed by atoms with van der Waals surface area (Å²) < 4.78 is 15.8. The predicted molar refractivity (Wildman–Crippen MR) is 101 cm³/mol. The highest BCUT2D eigenvalue weighted by Crippen LogP contribution is 2.43. The molecule has 0 aliphatic heterocycles. The average Bonchev–Trinajstić information content (AvgIpc) is 3.05. The molecular weight excluding hydrogens is 361 g/mol.